The van der Waals surface area contributed by atoms with Crippen molar-refractivity contribution in [1.82, 2.24) is 24.8 Å². The van der Waals surface area contributed by atoms with Crippen molar-refractivity contribution in [1.29, 1.82) is 0 Å². The number of carbonyl (C=O) groups is 3. The summed E-state index contributed by atoms with van der Waals surface area (Å²) in [6.07, 6.45) is 7.95. The van der Waals surface area contributed by atoms with Crippen molar-refractivity contribution in [3.63, 3.8) is 0 Å². The number of amides is 3. The quantitative estimate of drug-likeness (QED) is 0.468. The van der Waals surface area contributed by atoms with Gasteiger partial charge in [-0.15, -0.1) is 16.9 Å². The summed E-state index contributed by atoms with van der Waals surface area (Å²) in [6, 6.07) is 16.1. The second-order valence-corrected chi connectivity index (χ2v) is 12.9. The molecule has 1 aromatic heterocycles. The van der Waals surface area contributed by atoms with Crippen LogP contribution in [0, 0.1) is 11.8 Å². The molecule has 10 nitrogen and oxygen atoms in total. The summed E-state index contributed by atoms with van der Waals surface area (Å²) in [5, 5.41) is 18.4. The van der Waals surface area contributed by atoms with Crippen LogP contribution in [0.3, 0.4) is 0 Å². The Bertz CT molecular complexity index is 1610. The number of hydrogen-bond donors (Lipinski definition) is 1. The molecule has 0 saturated carbocycles. The first-order valence-electron chi connectivity index (χ1n) is 13.8. The number of rotatable bonds is 5. The second-order valence-electron chi connectivity index (χ2n) is 11.1. The van der Waals surface area contributed by atoms with Crippen LogP contribution in [0.25, 0.3) is 11.0 Å². The Morgan fingerprint density at radius 2 is 1.68 bits per heavy atom. The van der Waals surface area contributed by atoms with Crippen LogP contribution in [0.5, 0.6) is 0 Å². The highest BCUT2D eigenvalue weighted by Gasteiger charge is 2.73. The van der Waals surface area contributed by atoms with Gasteiger partial charge in [-0.2, -0.15) is 0 Å². The monoisotopic (exact) mass is 570 g/mol. The molecule has 2 fully saturated rings. The van der Waals surface area contributed by atoms with Gasteiger partial charge in [-0.1, -0.05) is 59.8 Å². The van der Waals surface area contributed by atoms with E-state index in [1.807, 2.05) is 85.8 Å². The molecule has 0 bridgehead atoms. The predicted molar refractivity (Wildman–Crippen MR) is 155 cm³/mol. The van der Waals surface area contributed by atoms with Gasteiger partial charge in [0, 0.05) is 30.1 Å². The smallest absolute Gasteiger partial charge is 0.248 e. The lowest BCUT2D eigenvalue weighted by molar-refractivity contribution is -0.144. The maximum absolute atomic E-state index is 14.4. The number of anilines is 1. The zero-order chi connectivity index (χ0) is 28.4. The molecule has 1 unspecified atom stereocenters. The fourth-order valence-electron chi connectivity index (χ4n) is 7.07. The summed E-state index contributed by atoms with van der Waals surface area (Å²) in [5.74, 6) is -2.08. The van der Waals surface area contributed by atoms with Crippen molar-refractivity contribution in [2.75, 3.05) is 31.1 Å². The number of thioether (sulfide) groups is 1. The normalized spacial score (nSPS) is 30.9. The fourth-order valence-corrected chi connectivity index (χ4v) is 9.22. The van der Waals surface area contributed by atoms with Crippen molar-refractivity contribution < 1.29 is 19.5 Å². The van der Waals surface area contributed by atoms with Gasteiger partial charge in [-0.3, -0.25) is 14.4 Å². The minimum atomic E-state index is -0.971. The van der Waals surface area contributed by atoms with E-state index in [9.17, 15) is 19.5 Å². The molecule has 2 saturated heterocycles. The van der Waals surface area contributed by atoms with Crippen LogP contribution in [0.15, 0.2) is 78.9 Å². The lowest BCUT2D eigenvalue weighted by atomic mass is 9.74. The molecule has 3 amide bonds. The average molecular weight is 571 g/mol. The molecule has 0 aliphatic carbocycles. The van der Waals surface area contributed by atoms with Crippen molar-refractivity contribution in [2.45, 2.75) is 29.1 Å². The number of aliphatic hydroxyl groups is 1. The number of benzene rings is 2. The first-order chi connectivity index (χ1) is 19.9. The molecule has 0 radical (unpaired) electrons. The maximum atomic E-state index is 14.4. The summed E-state index contributed by atoms with van der Waals surface area (Å²) in [4.78, 5) is 47.9. The molecule has 5 atom stereocenters. The summed E-state index contributed by atoms with van der Waals surface area (Å²) in [6.45, 7) is 2.61. The van der Waals surface area contributed by atoms with Crippen LogP contribution in [0.1, 0.15) is 6.92 Å². The molecule has 1 N–H and O–H groups in total. The molecule has 4 aliphatic rings. The van der Waals surface area contributed by atoms with Crippen molar-refractivity contribution >= 4 is 46.2 Å². The lowest BCUT2D eigenvalue weighted by Crippen LogP contribution is -2.54. The van der Waals surface area contributed by atoms with Gasteiger partial charge < -0.3 is 19.8 Å². The fraction of sp³-hybridized carbons (Fsp3) is 0.367. The molecule has 7 rings (SSSR count). The van der Waals surface area contributed by atoms with E-state index in [1.54, 1.807) is 14.5 Å². The lowest BCUT2D eigenvalue weighted by Gasteiger charge is -2.36. The number of carbonyl (C=O) groups excluding carboxylic acids is 3. The zero-order valence-corrected chi connectivity index (χ0v) is 23.4. The summed E-state index contributed by atoms with van der Waals surface area (Å²) < 4.78 is 0.00871. The van der Waals surface area contributed by atoms with Crippen LogP contribution in [-0.4, -0.2) is 89.4 Å². The average Bonchev–Trinajstić information content (AvgIpc) is 3.50. The summed E-state index contributed by atoms with van der Waals surface area (Å²) in [7, 11) is 0. The number of aromatic nitrogens is 3. The second kappa shape index (κ2) is 9.56. The van der Waals surface area contributed by atoms with E-state index in [1.165, 1.54) is 16.7 Å². The Morgan fingerprint density at radius 1 is 0.927 bits per heavy atom. The zero-order valence-electron chi connectivity index (χ0n) is 22.5. The van der Waals surface area contributed by atoms with Gasteiger partial charge >= 0.3 is 0 Å². The van der Waals surface area contributed by atoms with Gasteiger partial charge in [0.1, 0.15) is 18.2 Å². The Kier molecular flexibility index (Phi) is 6.05. The van der Waals surface area contributed by atoms with Crippen LogP contribution in [-0.2, 0) is 21.1 Å². The molecular weight excluding hydrogens is 540 g/mol. The van der Waals surface area contributed by atoms with Crippen molar-refractivity contribution in [3.05, 3.63) is 78.9 Å². The minimum absolute atomic E-state index is 0.0118. The van der Waals surface area contributed by atoms with E-state index in [2.05, 4.69) is 10.3 Å². The van der Waals surface area contributed by atoms with Gasteiger partial charge in [0.2, 0.25) is 17.7 Å². The highest BCUT2D eigenvalue weighted by molar-refractivity contribution is 8.02. The first kappa shape index (κ1) is 26.0. The van der Waals surface area contributed by atoms with Gasteiger partial charge in [0.15, 0.2) is 0 Å². The Morgan fingerprint density at radius 3 is 2.49 bits per heavy atom. The number of para-hydroxylation sites is 2. The van der Waals surface area contributed by atoms with Gasteiger partial charge in [-0.05, 0) is 31.2 Å². The largest absolute Gasteiger partial charge is 0.395 e. The first-order valence-corrected chi connectivity index (χ1v) is 14.6. The third-order valence-electron chi connectivity index (χ3n) is 8.77. The number of nitrogens with zero attached hydrogens (tertiary/aromatic N) is 6. The van der Waals surface area contributed by atoms with E-state index in [0.717, 1.165) is 16.7 Å². The molecule has 4 aliphatic heterocycles. The highest BCUT2D eigenvalue weighted by Crippen LogP contribution is 2.65. The number of likely N-dealkylation sites (tertiary alicyclic amines) is 1. The molecule has 210 valence electrons. The highest BCUT2D eigenvalue weighted by atomic mass is 32.2. The summed E-state index contributed by atoms with van der Waals surface area (Å²) in [5.41, 5.74) is 2.30. The molecule has 3 aromatic rings. The van der Waals surface area contributed by atoms with E-state index in [0.29, 0.717) is 13.1 Å². The molecular formula is C30H30N6O4S. The van der Waals surface area contributed by atoms with Gasteiger partial charge in [0.25, 0.3) is 0 Å². The predicted octanol–water partition coefficient (Wildman–Crippen LogP) is 2.07. The number of hydrogen-bond acceptors (Lipinski definition) is 7. The van der Waals surface area contributed by atoms with Crippen LogP contribution in [0.4, 0.5) is 5.69 Å². The van der Waals surface area contributed by atoms with Gasteiger partial charge in [-0.25, -0.2) is 4.68 Å². The van der Waals surface area contributed by atoms with E-state index >= 15 is 0 Å². The Balaban J connectivity index is 1.29. The van der Waals surface area contributed by atoms with E-state index in [4.69, 9.17) is 0 Å². The third kappa shape index (κ3) is 3.78. The molecule has 1 spiro atoms. The van der Waals surface area contributed by atoms with Crippen LogP contribution in [0.2, 0.25) is 0 Å². The minimum Gasteiger partial charge on any atom is -0.395 e. The Labute approximate surface area is 241 Å². The van der Waals surface area contributed by atoms with E-state index in [-0.39, 0.29) is 37.5 Å². The van der Waals surface area contributed by atoms with Crippen molar-refractivity contribution in [3.8, 4) is 0 Å². The SMILES string of the molecule is C[C@]12C=CCN(c3ccccc3)C(=O)[C@H]1[C@H]1C(=O)N(CCO)C3C(=O)N(Cn4nnc5ccccc54)CC=C[C@@]31S2. The standard InChI is InChI=1S/C30H30N6O4S/c1-29-13-7-16-34(20-9-3-2-4-10-20)26(38)23(29)24-27(39)35(17-18-37)25-28(40)33(15-8-14-30(24,25)41-29)19-36-22-12-6-5-11-21(22)31-32-36/h2-14,23-25,37H,15-19H2,1H3/t23-,24+,25?,29+,30+/m1/s1. The number of β-amino-alcohol motifs (C(OH)–C–C–N with tert-alkyl or cyclic N) is 1. The van der Waals surface area contributed by atoms with Gasteiger partial charge in [0.05, 0.1) is 28.7 Å². The van der Waals surface area contributed by atoms with Crippen LogP contribution >= 0.6 is 11.8 Å². The van der Waals surface area contributed by atoms with E-state index < -0.39 is 27.4 Å². The third-order valence-corrected chi connectivity index (χ3v) is 10.6. The van der Waals surface area contributed by atoms with Crippen molar-refractivity contribution in [2.24, 2.45) is 11.8 Å². The molecule has 2 aromatic carbocycles. The number of fused-ring (bicyclic) bond motifs is 3. The van der Waals surface area contributed by atoms with Crippen LogP contribution < -0.4 is 4.90 Å². The molecule has 41 heavy (non-hydrogen) atoms. The maximum Gasteiger partial charge on any atom is 0.248 e. The molecule has 5 heterocycles. The summed E-state index contributed by atoms with van der Waals surface area (Å²) >= 11 is 1.53. The molecule has 11 heteroatoms. The Hall–Kier alpha value is -3.96. The topological polar surface area (TPSA) is 112 Å². The number of aliphatic hydroxyl groups excluding tert-OH is 1.